The van der Waals surface area contributed by atoms with Crippen molar-refractivity contribution in [1.82, 2.24) is 0 Å². The first-order valence-electron chi connectivity index (χ1n) is 41.2. The van der Waals surface area contributed by atoms with Crippen molar-refractivity contribution in [2.45, 2.75) is 316 Å². The van der Waals surface area contributed by atoms with Gasteiger partial charge in [0.05, 0.1) is 61.6 Å². The Morgan fingerprint density at radius 1 is 0.375 bits per heavy atom. The second-order valence-corrected chi connectivity index (χ2v) is 42.9. The van der Waals surface area contributed by atoms with Gasteiger partial charge in [0.1, 0.15) is 32.5 Å². The summed E-state index contributed by atoms with van der Waals surface area (Å²) in [6.45, 7) is 43.2. The second-order valence-electron chi connectivity index (χ2n) is 34.1. The fourth-order valence-corrected chi connectivity index (χ4v) is 26.2. The molecule has 14 heteroatoms. The van der Waals surface area contributed by atoms with Gasteiger partial charge in [-0.15, -0.1) is 90.7 Å². The molecule has 6 unspecified atom stereocenters. The predicted molar refractivity (Wildman–Crippen MR) is 461 cm³/mol. The van der Waals surface area contributed by atoms with Crippen molar-refractivity contribution < 1.29 is 28.5 Å². The normalized spacial score (nSPS) is 17.6. The summed E-state index contributed by atoms with van der Waals surface area (Å²) in [6.07, 6.45) is 32.1. The molecule has 0 fully saturated rings. The quantitative estimate of drug-likeness (QED) is 0.0354. The van der Waals surface area contributed by atoms with Gasteiger partial charge in [0.2, 0.25) is 0 Å². The summed E-state index contributed by atoms with van der Waals surface area (Å²) in [4.78, 5) is 45.3. The number of thiophene rings is 8. The van der Waals surface area contributed by atoms with Crippen LogP contribution < -0.4 is 9.47 Å². The van der Waals surface area contributed by atoms with E-state index in [1.165, 1.54) is 151 Å². The van der Waals surface area contributed by atoms with Crippen molar-refractivity contribution in [1.29, 1.82) is 0 Å². The molecule has 104 heavy (non-hydrogen) atoms. The van der Waals surface area contributed by atoms with Gasteiger partial charge < -0.3 is 18.9 Å². The van der Waals surface area contributed by atoms with E-state index in [0.717, 1.165) is 130 Å². The largest absolute Gasteiger partial charge is 0.481 e. The molecule has 6 nitrogen and oxygen atoms in total. The van der Waals surface area contributed by atoms with E-state index in [-0.39, 0.29) is 11.9 Å². The van der Waals surface area contributed by atoms with E-state index >= 15 is 0 Å². The number of ether oxygens (including phenoxy) is 4. The maximum atomic E-state index is 14.8. The van der Waals surface area contributed by atoms with Gasteiger partial charge in [0.25, 0.3) is 0 Å². The molecule has 0 saturated heterocycles. The van der Waals surface area contributed by atoms with Crippen molar-refractivity contribution in [3.8, 4) is 60.3 Å². The number of unbranched alkanes of at least 4 members (excludes halogenated alkanes) is 2. The maximum Gasteiger partial charge on any atom is 0.348 e. The molecule has 0 aliphatic carbocycles. The van der Waals surface area contributed by atoms with E-state index < -0.39 is 11.2 Å². The first-order chi connectivity index (χ1) is 49.8. The molecule has 8 aromatic heterocycles. The minimum atomic E-state index is -0.540. The highest BCUT2D eigenvalue weighted by Crippen LogP contribution is 2.63. The fourth-order valence-electron chi connectivity index (χ4n) is 16.0. The SMILES string of the molecule is CCCCC(CC)COC(=O)c1cc2c(C)sc(-c3cc4c(s3)-c3sc(-c5sc(-c6cc7c(s6)-c6sc(C)cc6OC7(CCC(C)CCCC(C)C)CCC(C)CCCC(C)C)c6cc(C(=O)OCC(CC)CCCC)sc56)cc3OC4(CCC(C)CCCC(C)C)CCC(C)CCCC(C)C)c2s1. The number of aryl methyl sites for hydroxylation is 2. The van der Waals surface area contributed by atoms with Crippen LogP contribution in [0.1, 0.15) is 331 Å². The molecule has 0 spiro atoms. The van der Waals surface area contributed by atoms with Gasteiger partial charge in [-0.05, 0) is 168 Å². The molecule has 0 aromatic carbocycles. The topological polar surface area (TPSA) is 71.1 Å². The van der Waals surface area contributed by atoms with Gasteiger partial charge in [-0.25, -0.2) is 9.59 Å². The van der Waals surface area contributed by atoms with Crippen LogP contribution in [0, 0.1) is 73.0 Å². The lowest BCUT2D eigenvalue weighted by Crippen LogP contribution is -2.36. The maximum absolute atomic E-state index is 14.8. The Labute approximate surface area is 661 Å². The van der Waals surface area contributed by atoms with Gasteiger partial charge in [-0.1, -0.05) is 226 Å². The molecular formula is C90H130O6S8. The van der Waals surface area contributed by atoms with Gasteiger partial charge in [0, 0.05) is 47.5 Å². The second kappa shape index (κ2) is 38.5. The predicted octanol–water partition coefficient (Wildman–Crippen LogP) is 32.3. The zero-order chi connectivity index (χ0) is 74.6. The van der Waals surface area contributed by atoms with E-state index in [1.807, 2.05) is 68.0 Å². The minimum absolute atomic E-state index is 0.198. The first kappa shape index (κ1) is 83.1. The van der Waals surface area contributed by atoms with Crippen molar-refractivity contribution in [2.24, 2.45) is 59.2 Å². The smallest absolute Gasteiger partial charge is 0.348 e. The number of hydrogen-bond donors (Lipinski definition) is 0. The Morgan fingerprint density at radius 3 is 1.17 bits per heavy atom. The Bertz CT molecular complexity index is 3960. The standard InChI is InChI=1S/C90H130O6S8/c1-19-23-37-65(21-3)53-93-87(91)76-48-67-64(18)98-85(79(67)102-76)74-51-70-82(100-74)84-72(96-90(70,45-41-61(15)35-27-31-57(9)10)46-42-62(16)36-28-32-58(11)12)52-75(101-84)86-80-68(49-77(103-80)88(92)94-54-66(22-4)38-24-20-2)78(104-86)73-50-69-81(99-73)83-71(47-63(17)97-83)95-89(69,43-39-59(13)33-25-29-55(5)6)44-40-60(14)34-26-30-56(7)8/h47-52,55-62,65-66H,19-46,53-54H2,1-18H3. The zero-order valence-electron chi connectivity index (χ0n) is 67.2. The monoisotopic (exact) mass is 1560 g/mol. The number of hydrogen-bond acceptors (Lipinski definition) is 14. The van der Waals surface area contributed by atoms with E-state index in [4.69, 9.17) is 18.9 Å². The summed E-state index contributed by atoms with van der Waals surface area (Å²) in [7, 11) is 0. The van der Waals surface area contributed by atoms with Gasteiger partial charge in [-0.2, -0.15) is 0 Å². The van der Waals surface area contributed by atoms with Gasteiger partial charge in [-0.3, -0.25) is 0 Å². The molecule has 10 rings (SSSR count). The number of rotatable bonds is 45. The molecule has 2 aliphatic heterocycles. The van der Waals surface area contributed by atoms with Crippen LogP contribution in [-0.4, -0.2) is 25.2 Å². The Kier molecular flexibility index (Phi) is 30.8. The highest BCUT2D eigenvalue weighted by molar-refractivity contribution is 7.35. The Morgan fingerprint density at radius 2 is 0.750 bits per heavy atom. The molecule has 0 radical (unpaired) electrons. The van der Waals surface area contributed by atoms with E-state index in [0.29, 0.717) is 82.1 Å². The lowest BCUT2D eigenvalue weighted by molar-refractivity contribution is 0.0322. The molecular weight excluding hydrogens is 1430 g/mol. The number of carbonyl (C=O) groups is 2. The average Bonchev–Trinajstić information content (AvgIpc) is 1.55. The lowest BCUT2D eigenvalue weighted by Gasteiger charge is -2.39. The lowest BCUT2D eigenvalue weighted by atomic mass is 9.78. The van der Waals surface area contributed by atoms with E-state index in [9.17, 15) is 9.59 Å². The fraction of sp³-hybridized carbons (Fsp3) is 0.667. The molecule has 8 aromatic rings. The van der Waals surface area contributed by atoms with Crippen LogP contribution in [0.25, 0.3) is 68.9 Å². The molecule has 0 N–H and O–H groups in total. The number of fused-ring (bicyclic) bond motifs is 8. The summed E-state index contributed by atoms with van der Waals surface area (Å²) in [5, 5.41) is 2.30. The van der Waals surface area contributed by atoms with Crippen LogP contribution in [0.15, 0.2) is 36.4 Å². The van der Waals surface area contributed by atoms with Crippen molar-refractivity contribution in [3.63, 3.8) is 0 Å². The number of carbonyl (C=O) groups excluding carboxylic acids is 2. The van der Waals surface area contributed by atoms with Gasteiger partial charge in [0.15, 0.2) is 0 Å². The van der Waals surface area contributed by atoms with Crippen LogP contribution in [0.5, 0.6) is 11.5 Å². The van der Waals surface area contributed by atoms with E-state index in [2.05, 4.69) is 161 Å². The summed E-state index contributed by atoms with van der Waals surface area (Å²) in [6, 6.07) is 14.2. The molecule has 0 bridgehead atoms. The van der Waals surface area contributed by atoms with Gasteiger partial charge >= 0.3 is 11.9 Å². The highest BCUT2D eigenvalue weighted by atomic mass is 32.1. The van der Waals surface area contributed by atoms with Crippen LogP contribution >= 0.6 is 90.7 Å². The van der Waals surface area contributed by atoms with Crippen LogP contribution in [0.4, 0.5) is 0 Å². The van der Waals surface area contributed by atoms with Crippen molar-refractivity contribution in [2.75, 3.05) is 13.2 Å². The van der Waals surface area contributed by atoms with Crippen LogP contribution in [-0.2, 0) is 20.7 Å². The van der Waals surface area contributed by atoms with Crippen LogP contribution in [0.2, 0.25) is 0 Å². The number of esters is 2. The summed E-state index contributed by atoms with van der Waals surface area (Å²) >= 11 is 14.7. The van der Waals surface area contributed by atoms with Crippen LogP contribution in [0.3, 0.4) is 0 Å². The third kappa shape index (κ3) is 20.8. The molecule has 6 atom stereocenters. The first-order valence-corrected chi connectivity index (χ1v) is 47.7. The molecule has 0 saturated carbocycles. The van der Waals surface area contributed by atoms with E-state index in [1.54, 1.807) is 22.7 Å². The average molecular weight is 1560 g/mol. The highest BCUT2D eigenvalue weighted by Gasteiger charge is 2.46. The Balaban J connectivity index is 1.12. The van der Waals surface area contributed by atoms with Crippen molar-refractivity contribution in [3.05, 3.63) is 67.0 Å². The van der Waals surface area contributed by atoms with Crippen molar-refractivity contribution >= 4 is 123 Å². The summed E-state index contributed by atoms with van der Waals surface area (Å²) < 4.78 is 30.6. The third-order valence-electron chi connectivity index (χ3n) is 23.1. The molecule has 2 aliphatic rings. The molecule has 574 valence electrons. The Hall–Kier alpha value is -3.34. The zero-order valence-corrected chi connectivity index (χ0v) is 73.7. The molecule has 0 amide bonds. The molecule has 10 heterocycles. The summed E-state index contributed by atoms with van der Waals surface area (Å²) in [5.41, 5.74) is 1.71. The summed E-state index contributed by atoms with van der Waals surface area (Å²) in [5.74, 6) is 7.51. The minimum Gasteiger partial charge on any atom is -0.481 e. The third-order valence-corrected chi connectivity index (χ3v) is 33.2.